The van der Waals surface area contributed by atoms with Crippen molar-refractivity contribution in [2.24, 2.45) is 0 Å². The predicted molar refractivity (Wildman–Crippen MR) is 58.6 cm³/mol. The predicted octanol–water partition coefficient (Wildman–Crippen LogP) is 1.36. The molecule has 0 aromatic carbocycles. The number of hydrogen-bond acceptors (Lipinski definition) is 2. The maximum Gasteiger partial charge on any atom is 2.00 e. The van der Waals surface area contributed by atoms with Crippen LogP contribution in [0.4, 0.5) is 0 Å². The van der Waals surface area contributed by atoms with Crippen molar-refractivity contribution in [3.63, 3.8) is 0 Å². The van der Waals surface area contributed by atoms with Crippen molar-refractivity contribution in [3.8, 4) is 0 Å². The number of aliphatic hydroxyl groups is 1. The summed E-state index contributed by atoms with van der Waals surface area (Å²) in [6, 6.07) is 0. The van der Waals surface area contributed by atoms with Crippen LogP contribution >= 0.6 is 0 Å². The van der Waals surface area contributed by atoms with Gasteiger partial charge in [-0.05, 0) is 58.3 Å². The van der Waals surface area contributed by atoms with E-state index in [1.165, 1.54) is 0 Å². The standard InChI is InChI=1S/C7H9O.C6H5O.Ru/c1-6(8)7-4-2-3-5-7;7-5-6-3-1-2-4-6;/h2-6,8H,1H3;1-5H;/q;;+2/t6-;;/m0../s1. The van der Waals surface area contributed by atoms with Crippen LogP contribution in [0.15, 0.2) is 0 Å². The van der Waals surface area contributed by atoms with Gasteiger partial charge < -0.3 is 9.90 Å². The van der Waals surface area contributed by atoms with Gasteiger partial charge in [-0.1, -0.05) is 0 Å². The maximum absolute atomic E-state index is 9.87. The minimum atomic E-state index is -0.315. The maximum atomic E-state index is 9.87. The molecule has 2 fully saturated rings. The molecule has 16 heavy (non-hydrogen) atoms. The van der Waals surface area contributed by atoms with E-state index in [1.807, 2.05) is 38.5 Å². The van der Waals surface area contributed by atoms with Crippen LogP contribution < -0.4 is 0 Å². The van der Waals surface area contributed by atoms with Gasteiger partial charge >= 0.3 is 19.5 Å². The second-order valence-electron chi connectivity index (χ2n) is 3.23. The van der Waals surface area contributed by atoms with Crippen LogP contribution in [0.5, 0.6) is 0 Å². The average Bonchev–Trinajstić information content (AvgIpc) is 2.92. The Morgan fingerprint density at radius 2 is 1.50 bits per heavy atom. The van der Waals surface area contributed by atoms with Crippen LogP contribution in [0.2, 0.25) is 0 Å². The van der Waals surface area contributed by atoms with E-state index in [0.29, 0.717) is 0 Å². The normalized spacial score (nSPS) is 23.1. The van der Waals surface area contributed by atoms with Gasteiger partial charge in [-0.25, -0.2) is 0 Å². The zero-order valence-electron chi connectivity index (χ0n) is 8.98. The van der Waals surface area contributed by atoms with Gasteiger partial charge in [0.15, 0.2) is 0 Å². The number of carbonyl (C=O) groups is 1. The minimum Gasteiger partial charge on any atom is -0.393 e. The summed E-state index contributed by atoms with van der Waals surface area (Å²) >= 11 is 0. The summed E-state index contributed by atoms with van der Waals surface area (Å²) in [5.41, 5.74) is 0. The number of aldehydes is 1. The van der Waals surface area contributed by atoms with Gasteiger partial charge in [-0.2, -0.15) is 0 Å². The zero-order valence-corrected chi connectivity index (χ0v) is 10.7. The molecule has 0 bridgehead atoms. The van der Waals surface area contributed by atoms with Gasteiger partial charge in [-0.3, -0.25) is 0 Å². The van der Waals surface area contributed by atoms with E-state index < -0.39 is 0 Å². The Kier molecular flexibility index (Phi) is 9.45. The molecule has 0 aromatic rings. The second kappa shape index (κ2) is 9.30. The van der Waals surface area contributed by atoms with Gasteiger partial charge in [0.2, 0.25) is 0 Å². The van der Waals surface area contributed by atoms with E-state index in [1.54, 1.807) is 19.8 Å². The summed E-state index contributed by atoms with van der Waals surface area (Å²) in [7, 11) is 0. The molecule has 1 atom stereocenters. The fourth-order valence-electron chi connectivity index (χ4n) is 1.13. The Morgan fingerprint density at radius 3 is 1.75 bits per heavy atom. The van der Waals surface area contributed by atoms with Gasteiger partial charge in [-0.15, -0.1) is 0 Å². The fraction of sp³-hybridized carbons (Fsp3) is 0.154. The smallest absolute Gasteiger partial charge is 0.393 e. The van der Waals surface area contributed by atoms with Crippen molar-refractivity contribution in [2.45, 2.75) is 13.0 Å². The molecule has 0 heterocycles. The number of hydrogen-bond donors (Lipinski definition) is 1. The molecule has 10 radical (unpaired) electrons. The minimum absolute atomic E-state index is 0. The molecule has 2 saturated carbocycles. The fourth-order valence-corrected chi connectivity index (χ4v) is 1.13. The molecule has 1 N–H and O–H groups in total. The molecule has 0 spiro atoms. The number of aliphatic hydroxyl groups excluding tert-OH is 1. The van der Waals surface area contributed by atoms with Crippen LogP contribution in [-0.2, 0) is 24.3 Å². The third kappa shape index (κ3) is 6.10. The molecule has 3 heteroatoms. The summed E-state index contributed by atoms with van der Waals surface area (Å²) in [5, 5.41) is 8.91. The Morgan fingerprint density at radius 1 is 1.06 bits per heavy atom. The first-order chi connectivity index (χ1) is 7.24. The van der Waals surface area contributed by atoms with Crippen molar-refractivity contribution in [1.29, 1.82) is 0 Å². The Hall–Kier alpha value is 0.253. The summed E-state index contributed by atoms with van der Waals surface area (Å²) in [4.78, 5) is 9.87. The molecule has 2 aliphatic rings. The molecule has 2 nitrogen and oxygen atoms in total. The Balaban J connectivity index is 0.000000267. The largest absolute Gasteiger partial charge is 2.00 e. The third-order valence-electron chi connectivity index (χ3n) is 2.00. The first-order valence-corrected chi connectivity index (χ1v) is 4.80. The van der Waals surface area contributed by atoms with E-state index in [-0.39, 0.29) is 25.6 Å². The molecule has 2 rings (SSSR count). The Labute approximate surface area is 112 Å². The zero-order chi connectivity index (χ0) is 11.1. The summed E-state index contributed by atoms with van der Waals surface area (Å²) < 4.78 is 0. The van der Waals surface area contributed by atoms with E-state index in [2.05, 4.69) is 0 Å². The SMILES string of the molecule is C[C@H](O)[C]1[CH][CH][CH][CH]1.O=C[C]1[CH][CH][CH][CH]1.[Ru+2]. The third-order valence-corrected chi connectivity index (χ3v) is 2.00. The van der Waals surface area contributed by atoms with Crippen molar-refractivity contribution >= 4 is 6.29 Å². The molecular formula is C13H14O2Ru+2. The van der Waals surface area contributed by atoms with Gasteiger partial charge in [0, 0.05) is 11.8 Å². The Bertz CT molecular complexity index is 171. The van der Waals surface area contributed by atoms with E-state index >= 15 is 0 Å². The van der Waals surface area contributed by atoms with Crippen molar-refractivity contribution in [1.82, 2.24) is 0 Å². The number of carbonyl (C=O) groups excluding carboxylic acids is 1. The van der Waals surface area contributed by atoms with Crippen LogP contribution in [0.3, 0.4) is 0 Å². The van der Waals surface area contributed by atoms with E-state index in [0.717, 1.165) is 18.1 Å². The van der Waals surface area contributed by atoms with Gasteiger partial charge in [0.05, 0.1) is 6.10 Å². The molecule has 0 aliphatic heterocycles. The second-order valence-corrected chi connectivity index (χ2v) is 3.23. The van der Waals surface area contributed by atoms with Crippen LogP contribution in [-0.4, -0.2) is 17.5 Å². The van der Waals surface area contributed by atoms with Crippen LogP contribution in [0.25, 0.3) is 0 Å². The summed E-state index contributed by atoms with van der Waals surface area (Å²) in [6.45, 7) is 1.76. The molecule has 2 aliphatic carbocycles. The van der Waals surface area contributed by atoms with E-state index in [4.69, 9.17) is 5.11 Å². The summed E-state index contributed by atoms with van der Waals surface area (Å²) in [5.74, 6) is 1.74. The number of rotatable bonds is 2. The first-order valence-electron chi connectivity index (χ1n) is 4.80. The van der Waals surface area contributed by atoms with Crippen LogP contribution in [0, 0.1) is 63.2 Å². The topological polar surface area (TPSA) is 37.3 Å². The van der Waals surface area contributed by atoms with Gasteiger partial charge in [0.25, 0.3) is 0 Å². The van der Waals surface area contributed by atoms with E-state index in [9.17, 15) is 4.79 Å². The molecular weight excluding hydrogens is 289 g/mol. The quantitative estimate of drug-likeness (QED) is 0.618. The first kappa shape index (κ1) is 16.3. The van der Waals surface area contributed by atoms with Crippen molar-refractivity contribution in [2.75, 3.05) is 0 Å². The van der Waals surface area contributed by atoms with Crippen LogP contribution in [0.1, 0.15) is 6.92 Å². The molecule has 0 amide bonds. The van der Waals surface area contributed by atoms with Crippen molar-refractivity contribution < 1.29 is 29.4 Å². The summed E-state index contributed by atoms with van der Waals surface area (Å²) in [6.07, 6.45) is 15.4. The molecule has 84 valence electrons. The molecule has 0 saturated heterocycles. The molecule has 0 unspecified atom stereocenters. The van der Waals surface area contributed by atoms with Crippen molar-refractivity contribution in [3.05, 3.63) is 63.2 Å². The monoisotopic (exact) mass is 304 g/mol. The average molecular weight is 303 g/mol. The van der Waals surface area contributed by atoms with Gasteiger partial charge in [0.1, 0.15) is 6.29 Å². The molecule has 0 aromatic heterocycles.